The molecule has 5 atom stereocenters. The number of aryl methyl sites for hydroxylation is 1. The average molecular weight is 600 g/mol. The monoisotopic (exact) mass is 599 g/mol. The molecule has 10 nitrogen and oxygen atoms in total. The molecular weight excluding hydrogens is 558 g/mol. The molecule has 0 bridgehead atoms. The number of carbonyl (C=O) groups excluding carboxylic acids is 3. The van der Waals surface area contributed by atoms with Gasteiger partial charge in [0.1, 0.15) is 18.7 Å². The van der Waals surface area contributed by atoms with Gasteiger partial charge in [-0.2, -0.15) is 0 Å². The molecule has 2 saturated heterocycles. The first-order valence-corrected chi connectivity index (χ1v) is 16.4. The van der Waals surface area contributed by atoms with Crippen LogP contribution in [0.5, 0.6) is 0 Å². The van der Waals surface area contributed by atoms with Crippen LogP contribution in [0.1, 0.15) is 44.2 Å². The number of likely N-dealkylation sites (tertiary alicyclic amines) is 1. The van der Waals surface area contributed by atoms with E-state index in [0.29, 0.717) is 32.2 Å². The standard InChI is InChI=1S/C31H41N3O7S/c1-4-40-30(36)26(16-15-23-11-7-5-8-12-23)32-22(2)29(35)34-27(31(37)41-21-24-13-9-6-10-14-24)19-25-17-18-33(20-28(25)34)42(3,38)39/h5-14,22,25-28,32H,4,15-21H2,1-3H3/t22-,25-,26+,27+,28+/m1/s1. The third kappa shape index (κ3) is 7.96. The molecule has 1 N–H and O–H groups in total. The molecule has 2 aromatic carbocycles. The van der Waals surface area contributed by atoms with E-state index in [-0.39, 0.29) is 31.6 Å². The lowest BCUT2D eigenvalue weighted by Crippen LogP contribution is -2.58. The van der Waals surface area contributed by atoms with Crippen LogP contribution in [0.25, 0.3) is 0 Å². The van der Waals surface area contributed by atoms with Crippen molar-refractivity contribution in [1.29, 1.82) is 0 Å². The van der Waals surface area contributed by atoms with Crippen molar-refractivity contribution < 1.29 is 32.3 Å². The van der Waals surface area contributed by atoms with Gasteiger partial charge in [-0.3, -0.25) is 14.9 Å². The number of nitrogens with zero attached hydrogens (tertiary/aromatic N) is 2. The summed E-state index contributed by atoms with van der Waals surface area (Å²) in [5.41, 5.74) is 1.88. The first-order valence-electron chi connectivity index (χ1n) is 14.5. The Morgan fingerprint density at radius 2 is 1.64 bits per heavy atom. The Morgan fingerprint density at radius 1 is 1.00 bits per heavy atom. The molecule has 0 aliphatic carbocycles. The molecule has 0 aromatic heterocycles. The van der Waals surface area contributed by atoms with Crippen LogP contribution in [0.15, 0.2) is 60.7 Å². The van der Waals surface area contributed by atoms with Gasteiger partial charge in [0.25, 0.3) is 0 Å². The number of amides is 1. The third-order valence-electron chi connectivity index (χ3n) is 8.08. The summed E-state index contributed by atoms with van der Waals surface area (Å²) in [5, 5.41) is 3.15. The first-order chi connectivity index (χ1) is 20.1. The van der Waals surface area contributed by atoms with Gasteiger partial charge in [-0.25, -0.2) is 17.5 Å². The van der Waals surface area contributed by atoms with Crippen molar-refractivity contribution in [2.75, 3.05) is 26.0 Å². The lowest BCUT2D eigenvalue weighted by molar-refractivity contribution is -0.157. The number of fused-ring (bicyclic) bond motifs is 1. The summed E-state index contributed by atoms with van der Waals surface area (Å²) in [6, 6.07) is 16.1. The van der Waals surface area contributed by atoms with Gasteiger partial charge >= 0.3 is 11.9 Å². The van der Waals surface area contributed by atoms with E-state index >= 15 is 0 Å². The fraction of sp³-hybridized carbons (Fsp3) is 0.516. The molecule has 1 amide bonds. The molecule has 2 fully saturated rings. The minimum atomic E-state index is -3.49. The van der Waals surface area contributed by atoms with Crippen molar-refractivity contribution in [1.82, 2.24) is 14.5 Å². The number of rotatable bonds is 12. The number of sulfonamides is 1. The Labute approximate surface area is 248 Å². The van der Waals surface area contributed by atoms with E-state index in [2.05, 4.69) is 5.32 Å². The highest BCUT2D eigenvalue weighted by molar-refractivity contribution is 7.88. The molecule has 0 unspecified atom stereocenters. The van der Waals surface area contributed by atoms with E-state index in [9.17, 15) is 22.8 Å². The molecular formula is C31H41N3O7S. The predicted molar refractivity (Wildman–Crippen MR) is 158 cm³/mol. The van der Waals surface area contributed by atoms with Gasteiger partial charge in [0.05, 0.1) is 18.9 Å². The number of hydrogen-bond donors (Lipinski definition) is 1. The maximum Gasteiger partial charge on any atom is 0.329 e. The Kier molecular flexibility index (Phi) is 10.7. The number of nitrogens with one attached hydrogen (secondary N) is 1. The Morgan fingerprint density at radius 3 is 2.26 bits per heavy atom. The van der Waals surface area contributed by atoms with Crippen molar-refractivity contribution >= 4 is 27.9 Å². The van der Waals surface area contributed by atoms with Crippen LogP contribution in [0.4, 0.5) is 0 Å². The second-order valence-corrected chi connectivity index (χ2v) is 13.0. The van der Waals surface area contributed by atoms with Gasteiger partial charge < -0.3 is 14.4 Å². The molecule has 2 heterocycles. The second-order valence-electron chi connectivity index (χ2n) is 11.0. The molecule has 228 valence electrons. The van der Waals surface area contributed by atoms with Gasteiger partial charge in [0, 0.05) is 19.1 Å². The molecule has 0 radical (unpaired) electrons. The summed E-state index contributed by atoms with van der Waals surface area (Å²) in [4.78, 5) is 41.8. The van der Waals surface area contributed by atoms with E-state index in [1.807, 2.05) is 60.7 Å². The number of carbonyl (C=O) groups is 3. The fourth-order valence-electron chi connectivity index (χ4n) is 5.89. The number of hydrogen-bond acceptors (Lipinski definition) is 8. The van der Waals surface area contributed by atoms with Crippen LogP contribution < -0.4 is 5.32 Å². The lowest BCUT2D eigenvalue weighted by atomic mass is 9.92. The van der Waals surface area contributed by atoms with Gasteiger partial charge in [0.15, 0.2) is 0 Å². The molecule has 2 aliphatic heterocycles. The van der Waals surface area contributed by atoms with Crippen LogP contribution in [0.2, 0.25) is 0 Å². The highest BCUT2D eigenvalue weighted by atomic mass is 32.2. The predicted octanol–water partition coefficient (Wildman–Crippen LogP) is 2.52. The van der Waals surface area contributed by atoms with Gasteiger partial charge in [0.2, 0.25) is 15.9 Å². The summed E-state index contributed by atoms with van der Waals surface area (Å²) >= 11 is 0. The van der Waals surface area contributed by atoms with Crippen molar-refractivity contribution in [2.45, 2.75) is 70.3 Å². The molecule has 11 heteroatoms. The summed E-state index contributed by atoms with van der Waals surface area (Å²) < 4.78 is 37.1. The maximum absolute atomic E-state index is 14.1. The highest BCUT2D eigenvalue weighted by Gasteiger charge is 2.51. The van der Waals surface area contributed by atoms with E-state index in [1.54, 1.807) is 13.8 Å². The minimum Gasteiger partial charge on any atom is -0.465 e. The minimum absolute atomic E-state index is 0.0487. The first kappa shape index (κ1) is 31.7. The largest absolute Gasteiger partial charge is 0.465 e. The number of benzene rings is 2. The summed E-state index contributed by atoms with van der Waals surface area (Å²) in [6.45, 7) is 4.12. The average Bonchev–Trinajstić information content (AvgIpc) is 3.37. The molecule has 2 aliphatic rings. The highest BCUT2D eigenvalue weighted by Crippen LogP contribution is 2.37. The second kappa shape index (κ2) is 14.3. The van der Waals surface area contributed by atoms with Gasteiger partial charge in [-0.1, -0.05) is 60.7 Å². The molecule has 0 spiro atoms. The van der Waals surface area contributed by atoms with E-state index in [0.717, 1.165) is 17.4 Å². The zero-order valence-electron chi connectivity index (χ0n) is 24.5. The molecule has 2 aromatic rings. The Hall–Kier alpha value is -3.28. The van der Waals surface area contributed by atoms with Gasteiger partial charge in [-0.05, 0) is 56.6 Å². The van der Waals surface area contributed by atoms with Crippen LogP contribution in [0, 0.1) is 5.92 Å². The number of esters is 2. The SMILES string of the molecule is CCOC(=O)[C@H](CCc1ccccc1)N[C@H](C)C(=O)N1[C@H](C(=O)OCc2ccccc2)C[C@H]2CCN(S(C)(=O)=O)C[C@@H]21. The smallest absolute Gasteiger partial charge is 0.329 e. The quantitative estimate of drug-likeness (QED) is 0.370. The Balaban J connectivity index is 1.53. The van der Waals surface area contributed by atoms with Crippen molar-refractivity contribution in [2.24, 2.45) is 5.92 Å². The van der Waals surface area contributed by atoms with Crippen molar-refractivity contribution in [3.8, 4) is 0 Å². The summed E-state index contributed by atoms with van der Waals surface area (Å²) in [7, 11) is -3.49. The van der Waals surface area contributed by atoms with E-state index < -0.39 is 46.1 Å². The Bertz CT molecular complexity index is 1320. The van der Waals surface area contributed by atoms with Crippen LogP contribution in [0.3, 0.4) is 0 Å². The maximum atomic E-state index is 14.1. The van der Waals surface area contributed by atoms with Crippen LogP contribution >= 0.6 is 0 Å². The number of ether oxygens (including phenoxy) is 2. The van der Waals surface area contributed by atoms with Crippen molar-refractivity contribution in [3.05, 3.63) is 71.8 Å². The fourth-order valence-corrected chi connectivity index (χ4v) is 6.75. The third-order valence-corrected chi connectivity index (χ3v) is 9.35. The van der Waals surface area contributed by atoms with E-state index in [1.165, 1.54) is 9.21 Å². The van der Waals surface area contributed by atoms with Crippen molar-refractivity contribution in [3.63, 3.8) is 0 Å². The molecule has 0 saturated carbocycles. The summed E-state index contributed by atoms with van der Waals surface area (Å²) in [5.74, 6) is -1.40. The lowest BCUT2D eigenvalue weighted by Gasteiger charge is -2.39. The summed E-state index contributed by atoms with van der Waals surface area (Å²) in [6.07, 6.45) is 3.10. The zero-order valence-corrected chi connectivity index (χ0v) is 25.3. The zero-order chi connectivity index (χ0) is 30.3. The van der Waals surface area contributed by atoms with E-state index in [4.69, 9.17) is 9.47 Å². The number of piperidine rings is 1. The molecule has 4 rings (SSSR count). The normalized spacial score (nSPS) is 22.2. The van der Waals surface area contributed by atoms with Gasteiger partial charge in [-0.15, -0.1) is 0 Å². The topological polar surface area (TPSA) is 122 Å². The van der Waals surface area contributed by atoms with Crippen LogP contribution in [-0.4, -0.2) is 85.6 Å². The van der Waals surface area contributed by atoms with Crippen LogP contribution in [-0.2, 0) is 46.9 Å². The molecule has 42 heavy (non-hydrogen) atoms.